The van der Waals surface area contributed by atoms with Crippen LogP contribution in [-0.4, -0.2) is 5.78 Å². The molecule has 0 heterocycles. The van der Waals surface area contributed by atoms with Crippen LogP contribution < -0.4 is 5.73 Å². The van der Waals surface area contributed by atoms with Crippen LogP contribution in [0.3, 0.4) is 0 Å². The molecule has 0 spiro atoms. The first-order valence-corrected chi connectivity index (χ1v) is 9.32. The molecule has 2 nitrogen and oxygen atoms in total. The first-order chi connectivity index (χ1) is 12.2. The number of ketones is 1. The van der Waals surface area contributed by atoms with Gasteiger partial charge in [-0.15, -0.1) is 0 Å². The minimum atomic E-state index is -0.0297. The molecule has 0 amide bonds. The van der Waals surface area contributed by atoms with Gasteiger partial charge in [-0.25, -0.2) is 0 Å². The fourth-order valence-corrected chi connectivity index (χ4v) is 2.45. The highest BCUT2D eigenvalue weighted by Gasteiger charge is 2.16. The second-order valence-corrected chi connectivity index (χ2v) is 7.50. The topological polar surface area (TPSA) is 43.1 Å². The van der Waals surface area contributed by atoms with Crippen LogP contribution in [0.15, 0.2) is 94.0 Å². The number of Topliss-reactive ketones (excluding diaryl/α,β-unsaturated/α-hetero) is 1. The summed E-state index contributed by atoms with van der Waals surface area (Å²) in [6.07, 6.45) is 16.3. The van der Waals surface area contributed by atoms with E-state index < -0.39 is 0 Å². The summed E-state index contributed by atoms with van der Waals surface area (Å²) in [7, 11) is 0. The lowest BCUT2D eigenvalue weighted by atomic mass is 10.1. The van der Waals surface area contributed by atoms with E-state index in [1.165, 1.54) is 22.9 Å². The first-order valence-electron chi connectivity index (χ1n) is 8.51. The van der Waals surface area contributed by atoms with E-state index in [9.17, 15) is 4.79 Å². The van der Waals surface area contributed by atoms with E-state index in [0.717, 1.165) is 11.3 Å². The number of allylic oxidation sites excluding steroid dienone is 14. The van der Waals surface area contributed by atoms with Crippen molar-refractivity contribution in [3.05, 3.63) is 94.0 Å². The van der Waals surface area contributed by atoms with Gasteiger partial charge in [0.2, 0.25) is 5.78 Å². The van der Waals surface area contributed by atoms with Crippen molar-refractivity contribution in [3.63, 3.8) is 0 Å². The monoisotopic (exact) mass is 385 g/mol. The van der Waals surface area contributed by atoms with Gasteiger partial charge in [0.15, 0.2) is 0 Å². The summed E-state index contributed by atoms with van der Waals surface area (Å²) < 4.78 is 0. The maximum atomic E-state index is 12.3. The van der Waals surface area contributed by atoms with Crippen LogP contribution in [0.25, 0.3) is 0 Å². The average Bonchev–Trinajstić information content (AvgIpc) is 2.86. The summed E-state index contributed by atoms with van der Waals surface area (Å²) in [5, 5.41) is 0. The van der Waals surface area contributed by atoms with Crippen molar-refractivity contribution in [3.8, 4) is 0 Å². The summed E-state index contributed by atoms with van der Waals surface area (Å²) in [5.74, 6) is -0.0297. The summed E-state index contributed by atoms with van der Waals surface area (Å²) in [4.78, 5) is 13.7. The smallest absolute Gasteiger partial charge is 0.201 e. The van der Waals surface area contributed by atoms with Gasteiger partial charge in [-0.05, 0) is 45.9 Å². The van der Waals surface area contributed by atoms with Gasteiger partial charge in [0.1, 0.15) is 0 Å². The number of hydrogen-bond donors (Lipinski definition) is 1. The molecule has 0 aromatic rings. The highest BCUT2D eigenvalue weighted by Crippen LogP contribution is 2.28. The molecule has 2 N–H and O–H groups in total. The van der Waals surface area contributed by atoms with Gasteiger partial charge in [0, 0.05) is 11.3 Å². The Morgan fingerprint density at radius 2 is 1.78 bits per heavy atom. The number of carbonyl (C=O) groups excluding carboxylic acids is 1. The van der Waals surface area contributed by atoms with Crippen molar-refractivity contribution in [1.82, 2.24) is 0 Å². The Balaban J connectivity index is 0. The Morgan fingerprint density at radius 1 is 1.15 bits per heavy atom. The summed E-state index contributed by atoms with van der Waals surface area (Å²) >= 11 is 1.33. The Bertz CT molecular complexity index is 705. The van der Waals surface area contributed by atoms with Gasteiger partial charge < -0.3 is 5.73 Å². The highest BCUT2D eigenvalue weighted by molar-refractivity contribution is 8.07. The zero-order valence-electron chi connectivity index (χ0n) is 16.6. The fraction of sp³-hybridized carbons (Fsp3) is 0.292. The van der Waals surface area contributed by atoms with E-state index >= 15 is 0 Å². The van der Waals surface area contributed by atoms with Crippen molar-refractivity contribution >= 4 is 17.5 Å². The van der Waals surface area contributed by atoms with Crippen LogP contribution >= 0.6 is 11.8 Å². The minimum Gasteiger partial charge on any atom is -0.401 e. The zero-order chi connectivity index (χ0) is 20.1. The molecule has 0 bridgehead atoms. The van der Waals surface area contributed by atoms with Crippen LogP contribution in [0.2, 0.25) is 0 Å². The van der Waals surface area contributed by atoms with Crippen molar-refractivity contribution in [1.29, 1.82) is 0 Å². The number of hydrogen-bond acceptors (Lipinski definition) is 3. The molecule has 0 atom stereocenters. The number of rotatable bonds is 6. The van der Waals surface area contributed by atoms with Gasteiger partial charge in [-0.1, -0.05) is 92.1 Å². The van der Waals surface area contributed by atoms with Crippen LogP contribution in [0.5, 0.6) is 0 Å². The lowest BCUT2D eigenvalue weighted by Crippen LogP contribution is -2.08. The molecule has 0 radical (unpaired) electrons. The second kappa shape index (κ2) is 14.9. The predicted octanol–water partition coefficient (Wildman–Crippen LogP) is 7.18. The molecular formula is C24H35NOS. The molecule has 27 heavy (non-hydrogen) atoms. The lowest BCUT2D eigenvalue weighted by molar-refractivity contribution is -0.111. The third-order valence-corrected chi connectivity index (χ3v) is 4.16. The molecule has 0 fully saturated rings. The third kappa shape index (κ3) is 12.7. The molecule has 3 heteroatoms. The molecule has 148 valence electrons. The van der Waals surface area contributed by atoms with E-state index in [-0.39, 0.29) is 13.2 Å². The fourth-order valence-electron chi connectivity index (χ4n) is 1.73. The summed E-state index contributed by atoms with van der Waals surface area (Å²) in [6.45, 7) is 17.2. The minimum absolute atomic E-state index is 0. The second-order valence-electron chi connectivity index (χ2n) is 6.19. The van der Waals surface area contributed by atoms with E-state index in [2.05, 4.69) is 39.2 Å². The first kappa shape index (κ1) is 27.0. The maximum Gasteiger partial charge on any atom is 0.201 e. The molecule has 0 unspecified atom stereocenters. The predicted molar refractivity (Wildman–Crippen MR) is 125 cm³/mol. The van der Waals surface area contributed by atoms with Crippen LogP contribution in [-0.2, 0) is 4.79 Å². The summed E-state index contributed by atoms with van der Waals surface area (Å²) in [6, 6.07) is 0. The number of carbonyl (C=O) groups is 1. The van der Waals surface area contributed by atoms with Crippen LogP contribution in [0.4, 0.5) is 0 Å². The van der Waals surface area contributed by atoms with Crippen LogP contribution in [0.1, 0.15) is 48.5 Å². The SMILES string of the molecule is C.C=C(C)S/C(C(=O)C1=CCC=CC=C1)=C(\C)N.C=C/C(C)=C\C=C(C)C. The molecule has 0 aromatic carbocycles. The van der Waals surface area contributed by atoms with Crippen LogP contribution in [0, 0.1) is 0 Å². The Labute approximate surface area is 170 Å². The largest absolute Gasteiger partial charge is 0.401 e. The average molecular weight is 386 g/mol. The molecule has 0 aliphatic heterocycles. The molecule has 1 aliphatic carbocycles. The Hall–Kier alpha value is -2.26. The van der Waals surface area contributed by atoms with Gasteiger partial charge in [-0.3, -0.25) is 4.79 Å². The van der Waals surface area contributed by atoms with Gasteiger partial charge >= 0.3 is 0 Å². The van der Waals surface area contributed by atoms with Crippen molar-refractivity contribution in [2.45, 2.75) is 48.5 Å². The Morgan fingerprint density at radius 3 is 2.26 bits per heavy atom. The molecule has 0 aromatic heterocycles. The van der Waals surface area contributed by atoms with E-state index in [0.29, 0.717) is 16.2 Å². The van der Waals surface area contributed by atoms with Gasteiger partial charge in [0.05, 0.1) is 4.91 Å². The molecule has 0 saturated carbocycles. The maximum absolute atomic E-state index is 12.3. The van der Waals surface area contributed by atoms with Gasteiger partial charge in [-0.2, -0.15) is 0 Å². The van der Waals surface area contributed by atoms with Crippen molar-refractivity contribution in [2.75, 3.05) is 0 Å². The van der Waals surface area contributed by atoms with E-state index in [1.54, 1.807) is 6.92 Å². The van der Waals surface area contributed by atoms with Crippen molar-refractivity contribution < 1.29 is 4.79 Å². The van der Waals surface area contributed by atoms with Gasteiger partial charge in [0.25, 0.3) is 0 Å². The number of nitrogens with two attached hydrogens (primary N) is 1. The summed E-state index contributed by atoms with van der Waals surface area (Å²) in [5.41, 5.74) is 9.50. The molecule has 0 saturated heterocycles. The van der Waals surface area contributed by atoms with E-state index in [1.807, 2.05) is 50.3 Å². The normalized spacial score (nSPS) is 13.7. The standard InChI is InChI=1S/C14H17NOS.C9H14.CH4/c1-10(2)17-14(11(3)15)13(16)12-8-6-4-5-7-9-12;1-5-9(4)7-6-8(2)3;/h4-6,8-9H,1,7,15H2,2-3H3;5-7H,1H2,2-4H3;1H4/b14-11+;9-7-;. The Kier molecular flexibility index (Phi) is 14.8. The lowest BCUT2D eigenvalue weighted by Gasteiger charge is -2.08. The number of thioether (sulfide) groups is 1. The zero-order valence-corrected chi connectivity index (χ0v) is 17.5. The third-order valence-electron chi connectivity index (χ3n) is 3.10. The van der Waals surface area contributed by atoms with E-state index in [4.69, 9.17) is 5.73 Å². The quantitative estimate of drug-likeness (QED) is 0.389. The molecule has 1 rings (SSSR count). The molecule has 1 aliphatic rings. The molecular weight excluding hydrogens is 350 g/mol. The van der Waals surface area contributed by atoms with Crippen molar-refractivity contribution in [2.24, 2.45) is 5.73 Å². The highest BCUT2D eigenvalue weighted by atomic mass is 32.2.